The van der Waals surface area contributed by atoms with Crippen molar-refractivity contribution in [2.24, 2.45) is 27.2 Å². The van der Waals surface area contributed by atoms with Gasteiger partial charge >= 0.3 is 5.97 Å². The zero-order valence-corrected chi connectivity index (χ0v) is 12.8. The SMILES string of the molecule is NC(N)=NC(N)=NCCCCCCCCCCCC(=O)O. The molecule has 0 aliphatic carbocycles. The molecule has 0 fully saturated rings. The molecule has 0 bridgehead atoms. The van der Waals surface area contributed by atoms with Crippen LogP contribution in [0.25, 0.3) is 0 Å². The summed E-state index contributed by atoms with van der Waals surface area (Å²) in [6, 6.07) is 0. The second-order valence-corrected chi connectivity index (χ2v) is 5.10. The van der Waals surface area contributed by atoms with Gasteiger partial charge in [-0.25, -0.2) is 0 Å². The second kappa shape index (κ2) is 13.2. The monoisotopic (exact) mass is 299 g/mol. The molecular formula is C14H29N5O2. The molecule has 0 unspecified atom stereocenters. The maximum atomic E-state index is 10.3. The third kappa shape index (κ3) is 16.2. The van der Waals surface area contributed by atoms with Crippen molar-refractivity contribution in [3.63, 3.8) is 0 Å². The quantitative estimate of drug-likeness (QED) is 0.246. The Morgan fingerprint density at radius 2 is 1.29 bits per heavy atom. The van der Waals surface area contributed by atoms with Gasteiger partial charge in [0.2, 0.25) is 5.96 Å². The molecule has 7 heteroatoms. The average molecular weight is 299 g/mol. The summed E-state index contributed by atoms with van der Waals surface area (Å²) >= 11 is 0. The highest BCUT2D eigenvalue weighted by Crippen LogP contribution is 2.10. The van der Waals surface area contributed by atoms with E-state index in [0.29, 0.717) is 13.0 Å². The van der Waals surface area contributed by atoms with Crippen LogP contribution in [0.1, 0.15) is 64.2 Å². The van der Waals surface area contributed by atoms with E-state index < -0.39 is 5.97 Å². The number of aliphatic carboxylic acids is 1. The van der Waals surface area contributed by atoms with Gasteiger partial charge in [0.25, 0.3) is 0 Å². The van der Waals surface area contributed by atoms with E-state index >= 15 is 0 Å². The Labute approximate surface area is 126 Å². The van der Waals surface area contributed by atoms with Crippen molar-refractivity contribution < 1.29 is 9.90 Å². The van der Waals surface area contributed by atoms with Gasteiger partial charge in [-0.05, 0) is 12.8 Å². The largest absolute Gasteiger partial charge is 0.481 e. The van der Waals surface area contributed by atoms with E-state index in [1.165, 1.54) is 25.7 Å². The van der Waals surface area contributed by atoms with Gasteiger partial charge in [-0.1, -0.05) is 44.9 Å². The first-order chi connectivity index (χ1) is 10.0. The van der Waals surface area contributed by atoms with E-state index in [0.717, 1.165) is 32.1 Å². The number of carboxylic acid groups (broad SMARTS) is 1. The minimum absolute atomic E-state index is 0.0698. The Bertz CT molecular complexity index is 338. The second-order valence-electron chi connectivity index (χ2n) is 5.10. The molecule has 0 aliphatic heterocycles. The highest BCUT2D eigenvalue weighted by Gasteiger charge is 1.96. The summed E-state index contributed by atoms with van der Waals surface area (Å²) in [5.41, 5.74) is 15.8. The van der Waals surface area contributed by atoms with Crippen molar-refractivity contribution in [3.8, 4) is 0 Å². The summed E-state index contributed by atoms with van der Waals surface area (Å²) in [6.45, 7) is 0.651. The van der Waals surface area contributed by atoms with Crippen LogP contribution in [0.2, 0.25) is 0 Å². The fraction of sp³-hybridized carbons (Fsp3) is 0.786. The lowest BCUT2D eigenvalue weighted by Crippen LogP contribution is -2.26. The number of rotatable bonds is 12. The van der Waals surface area contributed by atoms with E-state index in [4.69, 9.17) is 22.3 Å². The van der Waals surface area contributed by atoms with Crippen LogP contribution in [0.4, 0.5) is 0 Å². The third-order valence-electron chi connectivity index (χ3n) is 3.07. The van der Waals surface area contributed by atoms with Gasteiger partial charge in [-0.3, -0.25) is 9.79 Å². The maximum absolute atomic E-state index is 10.3. The molecule has 0 aliphatic rings. The van der Waals surface area contributed by atoms with Crippen LogP contribution in [-0.2, 0) is 4.79 Å². The van der Waals surface area contributed by atoms with Crippen LogP contribution < -0.4 is 17.2 Å². The number of carbonyl (C=O) groups is 1. The molecule has 0 atom stereocenters. The van der Waals surface area contributed by atoms with E-state index in [-0.39, 0.29) is 11.9 Å². The number of hydrogen-bond donors (Lipinski definition) is 4. The molecule has 0 radical (unpaired) electrons. The van der Waals surface area contributed by atoms with E-state index in [1.54, 1.807) is 0 Å². The Hall–Kier alpha value is -1.79. The molecule has 7 N–H and O–H groups in total. The van der Waals surface area contributed by atoms with Crippen LogP contribution in [0.15, 0.2) is 9.98 Å². The lowest BCUT2D eigenvalue weighted by atomic mass is 10.1. The molecule has 0 saturated carbocycles. The summed E-state index contributed by atoms with van der Waals surface area (Å²) in [4.78, 5) is 18.0. The zero-order valence-electron chi connectivity index (χ0n) is 12.8. The standard InChI is InChI=1S/C14H29N5O2/c15-13(16)19-14(17)18-11-9-7-5-3-1-2-4-6-8-10-12(20)21/h1-11H2,(H,20,21)(H6,15,16,17,18,19). The van der Waals surface area contributed by atoms with Crippen LogP contribution >= 0.6 is 0 Å². The Morgan fingerprint density at radius 3 is 1.76 bits per heavy atom. The van der Waals surface area contributed by atoms with Gasteiger partial charge in [0, 0.05) is 13.0 Å². The summed E-state index contributed by atoms with van der Waals surface area (Å²) in [5.74, 6) is -0.630. The first kappa shape index (κ1) is 19.2. The van der Waals surface area contributed by atoms with Crippen molar-refractivity contribution >= 4 is 17.9 Å². The molecule has 0 spiro atoms. The first-order valence-corrected chi connectivity index (χ1v) is 7.63. The molecule has 122 valence electrons. The number of carboxylic acids is 1. The van der Waals surface area contributed by atoms with Crippen molar-refractivity contribution in [1.82, 2.24) is 0 Å². The molecule has 0 rings (SSSR count). The topological polar surface area (TPSA) is 140 Å². The number of unbranched alkanes of at least 4 members (excludes halogenated alkanes) is 8. The molecule has 7 nitrogen and oxygen atoms in total. The Balaban J connectivity index is 3.26. The number of aliphatic imine (C=N–C) groups is 2. The summed E-state index contributed by atoms with van der Waals surface area (Å²) in [5, 5.41) is 8.50. The normalized spacial score (nSPS) is 11.3. The van der Waals surface area contributed by atoms with Crippen molar-refractivity contribution in [2.45, 2.75) is 64.2 Å². The third-order valence-corrected chi connectivity index (χ3v) is 3.07. The average Bonchev–Trinajstić information content (AvgIpc) is 2.38. The fourth-order valence-corrected chi connectivity index (χ4v) is 1.99. The zero-order chi connectivity index (χ0) is 15.9. The Kier molecular flexibility index (Phi) is 12.1. The Morgan fingerprint density at radius 1 is 0.810 bits per heavy atom. The van der Waals surface area contributed by atoms with Crippen molar-refractivity contribution in [3.05, 3.63) is 0 Å². The minimum Gasteiger partial charge on any atom is -0.481 e. The number of nitrogens with zero attached hydrogens (tertiary/aromatic N) is 2. The molecule has 0 saturated heterocycles. The van der Waals surface area contributed by atoms with Gasteiger partial charge in [0.1, 0.15) is 0 Å². The lowest BCUT2D eigenvalue weighted by molar-refractivity contribution is -0.137. The van der Waals surface area contributed by atoms with E-state index in [9.17, 15) is 4.79 Å². The summed E-state index contributed by atoms with van der Waals surface area (Å²) < 4.78 is 0. The predicted molar refractivity (Wildman–Crippen MR) is 86.1 cm³/mol. The fourth-order valence-electron chi connectivity index (χ4n) is 1.99. The predicted octanol–water partition coefficient (Wildman–Crippen LogP) is 1.56. The van der Waals surface area contributed by atoms with Gasteiger partial charge in [0.05, 0.1) is 0 Å². The highest BCUT2D eigenvalue weighted by atomic mass is 16.4. The molecule has 0 amide bonds. The molecule has 0 aromatic rings. The van der Waals surface area contributed by atoms with Crippen LogP contribution in [-0.4, -0.2) is 29.5 Å². The summed E-state index contributed by atoms with van der Waals surface area (Å²) in [7, 11) is 0. The van der Waals surface area contributed by atoms with Crippen molar-refractivity contribution in [2.75, 3.05) is 6.54 Å². The van der Waals surface area contributed by atoms with Gasteiger partial charge in [0.15, 0.2) is 5.96 Å². The highest BCUT2D eigenvalue weighted by molar-refractivity contribution is 5.92. The molecule has 0 aromatic heterocycles. The maximum Gasteiger partial charge on any atom is 0.303 e. The van der Waals surface area contributed by atoms with E-state index in [1.807, 2.05) is 0 Å². The van der Waals surface area contributed by atoms with Gasteiger partial charge in [-0.15, -0.1) is 0 Å². The molecule has 0 aromatic carbocycles. The summed E-state index contributed by atoms with van der Waals surface area (Å²) in [6.07, 6.45) is 10.2. The molecule has 21 heavy (non-hydrogen) atoms. The minimum atomic E-state index is -0.696. The number of nitrogens with two attached hydrogens (primary N) is 3. The van der Waals surface area contributed by atoms with Crippen LogP contribution in [0, 0.1) is 0 Å². The lowest BCUT2D eigenvalue weighted by Gasteiger charge is -2.01. The smallest absolute Gasteiger partial charge is 0.303 e. The van der Waals surface area contributed by atoms with Crippen LogP contribution in [0.3, 0.4) is 0 Å². The molecular weight excluding hydrogens is 270 g/mol. The number of guanidine groups is 2. The van der Waals surface area contributed by atoms with Crippen molar-refractivity contribution in [1.29, 1.82) is 0 Å². The first-order valence-electron chi connectivity index (χ1n) is 7.63. The van der Waals surface area contributed by atoms with Crippen LogP contribution in [0.5, 0.6) is 0 Å². The number of hydrogen-bond acceptors (Lipinski definition) is 2. The van der Waals surface area contributed by atoms with E-state index in [2.05, 4.69) is 9.98 Å². The van der Waals surface area contributed by atoms with Gasteiger partial charge in [-0.2, -0.15) is 4.99 Å². The van der Waals surface area contributed by atoms with Gasteiger partial charge < -0.3 is 22.3 Å². The molecule has 0 heterocycles.